The van der Waals surface area contributed by atoms with Crippen molar-refractivity contribution < 1.29 is 4.39 Å². The van der Waals surface area contributed by atoms with Crippen molar-refractivity contribution in [2.24, 2.45) is 10.7 Å². The van der Waals surface area contributed by atoms with Crippen LogP contribution in [0.4, 0.5) is 10.1 Å². The Morgan fingerprint density at radius 1 is 1.13 bits per heavy atom. The molecule has 1 aliphatic carbocycles. The zero-order valence-corrected chi connectivity index (χ0v) is 13.3. The second-order valence-corrected chi connectivity index (χ2v) is 6.33. The monoisotopic (exact) mass is 311 g/mol. The number of aliphatic imine (C=N–C) groups is 1. The maximum absolute atomic E-state index is 13.1. The van der Waals surface area contributed by atoms with E-state index in [9.17, 15) is 4.39 Å². The van der Waals surface area contributed by atoms with Crippen molar-refractivity contribution in [3.8, 4) is 0 Å². The molecule has 1 saturated carbocycles. The smallest absolute Gasteiger partial charge is 0.193 e. The van der Waals surface area contributed by atoms with Gasteiger partial charge in [-0.1, -0.05) is 36.2 Å². The van der Waals surface area contributed by atoms with Gasteiger partial charge in [0.25, 0.3) is 0 Å². The Morgan fingerprint density at radius 3 is 2.35 bits per heavy atom. The molecule has 3 rings (SSSR count). The van der Waals surface area contributed by atoms with Gasteiger partial charge in [-0.2, -0.15) is 0 Å². The number of nitrogens with two attached hydrogens (primary N) is 1. The van der Waals surface area contributed by atoms with E-state index >= 15 is 0 Å². The first kappa shape index (κ1) is 15.5. The van der Waals surface area contributed by atoms with Gasteiger partial charge in [-0.05, 0) is 49.6 Å². The van der Waals surface area contributed by atoms with Gasteiger partial charge < -0.3 is 11.1 Å². The summed E-state index contributed by atoms with van der Waals surface area (Å²) in [6, 6.07) is 14.8. The van der Waals surface area contributed by atoms with Crippen LogP contribution in [0.25, 0.3) is 0 Å². The third-order valence-electron chi connectivity index (χ3n) is 4.64. The quantitative estimate of drug-likeness (QED) is 0.663. The summed E-state index contributed by atoms with van der Waals surface area (Å²) in [5.74, 6) is 0.217. The fourth-order valence-corrected chi connectivity index (χ4v) is 3.01. The van der Waals surface area contributed by atoms with Crippen LogP contribution in [-0.2, 0) is 5.41 Å². The molecule has 0 atom stereocenters. The summed E-state index contributed by atoms with van der Waals surface area (Å²) in [6.45, 7) is 2.67. The Morgan fingerprint density at radius 2 is 1.78 bits per heavy atom. The number of nitrogens with one attached hydrogen (secondary N) is 1. The third kappa shape index (κ3) is 3.52. The maximum atomic E-state index is 13.1. The standard InChI is InChI=1S/C19H22FN3/c1-14-3-9-17(10-4-14)23-18(21)22-13-19(11-2-12-19)15-5-7-16(20)8-6-15/h3-10H,2,11-13H2,1H3,(H3,21,22,23). The second-order valence-electron chi connectivity index (χ2n) is 6.33. The molecule has 0 aliphatic heterocycles. The highest BCUT2D eigenvalue weighted by atomic mass is 19.1. The van der Waals surface area contributed by atoms with Crippen molar-refractivity contribution in [3.05, 3.63) is 65.5 Å². The second kappa shape index (κ2) is 6.41. The molecule has 0 heterocycles. The maximum Gasteiger partial charge on any atom is 0.193 e. The first-order valence-electron chi connectivity index (χ1n) is 7.97. The van der Waals surface area contributed by atoms with E-state index in [2.05, 4.69) is 10.3 Å². The summed E-state index contributed by atoms with van der Waals surface area (Å²) in [5, 5.41) is 3.12. The predicted octanol–water partition coefficient (Wildman–Crippen LogP) is 3.98. The lowest BCUT2D eigenvalue weighted by atomic mass is 9.64. The van der Waals surface area contributed by atoms with Gasteiger partial charge in [-0.3, -0.25) is 4.99 Å². The molecule has 0 unspecified atom stereocenters. The number of halogens is 1. The Bertz CT molecular complexity index is 686. The number of rotatable bonds is 4. The molecule has 0 bridgehead atoms. The van der Waals surface area contributed by atoms with E-state index in [-0.39, 0.29) is 11.2 Å². The molecule has 0 radical (unpaired) electrons. The van der Waals surface area contributed by atoms with Crippen LogP contribution < -0.4 is 11.1 Å². The Labute approximate surface area is 136 Å². The SMILES string of the molecule is Cc1ccc(NC(N)=NCC2(c3ccc(F)cc3)CCC2)cc1. The molecule has 2 aromatic rings. The van der Waals surface area contributed by atoms with Gasteiger partial charge in [0.15, 0.2) is 5.96 Å². The molecular formula is C19H22FN3. The minimum Gasteiger partial charge on any atom is -0.370 e. The van der Waals surface area contributed by atoms with Gasteiger partial charge in [0, 0.05) is 11.1 Å². The van der Waals surface area contributed by atoms with Crippen LogP contribution in [-0.4, -0.2) is 12.5 Å². The largest absolute Gasteiger partial charge is 0.370 e. The Hall–Kier alpha value is -2.36. The van der Waals surface area contributed by atoms with Gasteiger partial charge in [-0.25, -0.2) is 4.39 Å². The van der Waals surface area contributed by atoms with Gasteiger partial charge in [0.05, 0.1) is 6.54 Å². The number of hydrogen-bond acceptors (Lipinski definition) is 1. The van der Waals surface area contributed by atoms with Crippen LogP contribution in [0, 0.1) is 12.7 Å². The van der Waals surface area contributed by atoms with Crippen molar-refractivity contribution in [3.63, 3.8) is 0 Å². The summed E-state index contributed by atoms with van der Waals surface area (Å²) in [4.78, 5) is 4.52. The van der Waals surface area contributed by atoms with Crippen LogP contribution in [0.15, 0.2) is 53.5 Å². The van der Waals surface area contributed by atoms with Gasteiger partial charge in [0.1, 0.15) is 5.82 Å². The molecule has 0 spiro atoms. The number of aryl methyl sites for hydroxylation is 1. The lowest BCUT2D eigenvalue weighted by Crippen LogP contribution is -2.38. The van der Waals surface area contributed by atoms with Crippen LogP contribution in [0.5, 0.6) is 0 Å². The van der Waals surface area contributed by atoms with E-state index in [0.29, 0.717) is 12.5 Å². The number of hydrogen-bond donors (Lipinski definition) is 2. The lowest BCUT2D eigenvalue weighted by Gasteiger charge is -2.41. The minimum atomic E-state index is -0.202. The molecular weight excluding hydrogens is 289 g/mol. The Kier molecular flexibility index (Phi) is 4.33. The zero-order valence-electron chi connectivity index (χ0n) is 13.3. The average molecular weight is 311 g/mol. The van der Waals surface area contributed by atoms with E-state index in [4.69, 9.17) is 5.73 Å². The molecule has 1 aliphatic rings. The average Bonchev–Trinajstić information content (AvgIpc) is 2.50. The van der Waals surface area contributed by atoms with Crippen LogP contribution in [0.1, 0.15) is 30.4 Å². The summed E-state index contributed by atoms with van der Waals surface area (Å²) >= 11 is 0. The minimum absolute atomic E-state index is 0.00722. The van der Waals surface area contributed by atoms with Crippen molar-refractivity contribution in [1.29, 1.82) is 0 Å². The summed E-state index contributed by atoms with van der Waals surface area (Å²) in [5.41, 5.74) is 9.30. The van der Waals surface area contributed by atoms with Crippen LogP contribution in [0.2, 0.25) is 0 Å². The van der Waals surface area contributed by atoms with E-state index in [1.165, 1.54) is 24.1 Å². The van der Waals surface area contributed by atoms with E-state index in [1.807, 2.05) is 43.3 Å². The topological polar surface area (TPSA) is 50.4 Å². The zero-order chi connectivity index (χ0) is 16.3. The highest BCUT2D eigenvalue weighted by molar-refractivity contribution is 5.92. The highest BCUT2D eigenvalue weighted by Gasteiger charge is 2.38. The Balaban J connectivity index is 1.69. The summed E-state index contributed by atoms with van der Waals surface area (Å²) in [6.07, 6.45) is 3.32. The molecule has 1 fully saturated rings. The summed E-state index contributed by atoms with van der Waals surface area (Å²) < 4.78 is 13.1. The fourth-order valence-electron chi connectivity index (χ4n) is 3.01. The number of nitrogens with zero attached hydrogens (tertiary/aromatic N) is 1. The van der Waals surface area contributed by atoms with Crippen molar-refractivity contribution in [2.45, 2.75) is 31.6 Å². The molecule has 3 nitrogen and oxygen atoms in total. The van der Waals surface area contributed by atoms with Crippen molar-refractivity contribution in [1.82, 2.24) is 0 Å². The normalized spacial score (nSPS) is 16.7. The first-order valence-corrected chi connectivity index (χ1v) is 7.97. The summed E-state index contributed by atoms with van der Waals surface area (Å²) in [7, 11) is 0. The van der Waals surface area contributed by atoms with Gasteiger partial charge in [0.2, 0.25) is 0 Å². The molecule has 2 aromatic carbocycles. The number of guanidine groups is 1. The molecule has 0 amide bonds. The van der Waals surface area contributed by atoms with Gasteiger partial charge >= 0.3 is 0 Å². The van der Waals surface area contributed by atoms with E-state index in [1.54, 1.807) is 0 Å². The molecule has 120 valence electrons. The first-order chi connectivity index (χ1) is 11.1. The lowest BCUT2D eigenvalue weighted by molar-refractivity contribution is 0.253. The number of anilines is 1. The number of benzene rings is 2. The van der Waals surface area contributed by atoms with Crippen molar-refractivity contribution >= 4 is 11.6 Å². The highest BCUT2D eigenvalue weighted by Crippen LogP contribution is 2.44. The van der Waals surface area contributed by atoms with Gasteiger partial charge in [-0.15, -0.1) is 0 Å². The molecule has 0 aromatic heterocycles. The van der Waals surface area contributed by atoms with Crippen LogP contribution in [0.3, 0.4) is 0 Å². The fraction of sp³-hybridized carbons (Fsp3) is 0.316. The molecule has 0 saturated heterocycles. The van der Waals surface area contributed by atoms with E-state index in [0.717, 1.165) is 24.1 Å². The van der Waals surface area contributed by atoms with E-state index < -0.39 is 0 Å². The molecule has 4 heteroatoms. The van der Waals surface area contributed by atoms with Crippen molar-refractivity contribution in [2.75, 3.05) is 11.9 Å². The predicted molar refractivity (Wildman–Crippen MR) is 93.2 cm³/mol. The molecule has 3 N–H and O–H groups in total. The third-order valence-corrected chi connectivity index (χ3v) is 4.64. The van der Waals surface area contributed by atoms with Crippen LogP contribution >= 0.6 is 0 Å². The molecule has 23 heavy (non-hydrogen) atoms.